The average molecular weight is 326 g/mol. The highest BCUT2D eigenvalue weighted by Crippen LogP contribution is 2.39. The smallest absolute Gasteiger partial charge is 0.0642 e. The fourth-order valence-electron chi connectivity index (χ4n) is 2.56. The molecule has 1 heterocycles. The predicted octanol–water partition coefficient (Wildman–Crippen LogP) is 4.92. The van der Waals surface area contributed by atoms with Crippen molar-refractivity contribution in [1.82, 2.24) is 0 Å². The molecule has 1 nitrogen and oxygen atoms in total. The summed E-state index contributed by atoms with van der Waals surface area (Å²) in [5.41, 5.74) is 1.21. The number of alkyl halides is 1. The van der Waals surface area contributed by atoms with Crippen molar-refractivity contribution in [3.05, 3.63) is 46.4 Å². The molecule has 94 valence electrons. The van der Waals surface area contributed by atoms with Crippen LogP contribution in [0.4, 0.5) is 0 Å². The third-order valence-corrected chi connectivity index (χ3v) is 4.86. The van der Waals surface area contributed by atoms with Gasteiger partial charge in [0.05, 0.1) is 12.0 Å². The monoisotopic (exact) mass is 324 g/mol. The maximum absolute atomic E-state index is 6.65. The molecule has 0 amide bonds. The quantitative estimate of drug-likeness (QED) is 0.712. The fourth-order valence-corrected chi connectivity index (χ4v) is 3.43. The SMILES string of the molecule is ClC(c1ccc(Br)c2ccccc12)C1CCOC1. The summed E-state index contributed by atoms with van der Waals surface area (Å²) in [5.74, 6) is 0.427. The van der Waals surface area contributed by atoms with Gasteiger partial charge < -0.3 is 4.74 Å². The van der Waals surface area contributed by atoms with Crippen molar-refractivity contribution in [2.45, 2.75) is 11.8 Å². The number of hydrogen-bond acceptors (Lipinski definition) is 1. The molecule has 0 aliphatic carbocycles. The van der Waals surface area contributed by atoms with E-state index in [0.717, 1.165) is 24.1 Å². The Balaban J connectivity index is 2.08. The summed E-state index contributed by atoms with van der Waals surface area (Å²) in [5, 5.41) is 2.49. The highest BCUT2D eigenvalue weighted by atomic mass is 79.9. The van der Waals surface area contributed by atoms with E-state index in [4.69, 9.17) is 16.3 Å². The molecule has 0 bridgehead atoms. The molecule has 1 aliphatic heterocycles. The predicted molar refractivity (Wildman–Crippen MR) is 79.2 cm³/mol. The van der Waals surface area contributed by atoms with Crippen LogP contribution in [0.1, 0.15) is 17.4 Å². The lowest BCUT2D eigenvalue weighted by Gasteiger charge is -2.18. The van der Waals surface area contributed by atoms with Gasteiger partial charge in [0.2, 0.25) is 0 Å². The molecule has 3 rings (SSSR count). The standard InChI is InChI=1S/C15H14BrClO/c16-14-6-5-13(11-3-1-2-4-12(11)14)15(17)10-7-8-18-9-10/h1-6,10,15H,7-9H2. The molecule has 18 heavy (non-hydrogen) atoms. The van der Waals surface area contributed by atoms with Crippen LogP contribution in [0.3, 0.4) is 0 Å². The van der Waals surface area contributed by atoms with Crippen LogP contribution in [0, 0.1) is 5.92 Å². The fraction of sp³-hybridized carbons (Fsp3) is 0.333. The number of halogens is 2. The molecule has 2 aromatic rings. The van der Waals surface area contributed by atoms with Crippen molar-refractivity contribution in [3.63, 3.8) is 0 Å². The van der Waals surface area contributed by atoms with Crippen LogP contribution >= 0.6 is 27.5 Å². The lowest BCUT2D eigenvalue weighted by molar-refractivity contribution is 0.185. The van der Waals surface area contributed by atoms with Crippen LogP contribution in [0.25, 0.3) is 10.8 Å². The molecular formula is C15H14BrClO. The van der Waals surface area contributed by atoms with E-state index in [9.17, 15) is 0 Å². The Morgan fingerprint density at radius 2 is 1.94 bits per heavy atom. The van der Waals surface area contributed by atoms with Crippen LogP contribution in [0.2, 0.25) is 0 Å². The zero-order valence-electron chi connectivity index (χ0n) is 9.90. The van der Waals surface area contributed by atoms with Gasteiger partial charge in [-0.3, -0.25) is 0 Å². The Morgan fingerprint density at radius 1 is 1.17 bits per heavy atom. The van der Waals surface area contributed by atoms with E-state index < -0.39 is 0 Å². The molecule has 1 saturated heterocycles. The minimum Gasteiger partial charge on any atom is -0.381 e. The van der Waals surface area contributed by atoms with Gasteiger partial charge >= 0.3 is 0 Å². The van der Waals surface area contributed by atoms with Crippen LogP contribution in [-0.4, -0.2) is 13.2 Å². The van der Waals surface area contributed by atoms with Crippen molar-refractivity contribution in [1.29, 1.82) is 0 Å². The van der Waals surface area contributed by atoms with E-state index in [1.807, 2.05) is 0 Å². The topological polar surface area (TPSA) is 9.23 Å². The van der Waals surface area contributed by atoms with E-state index in [1.54, 1.807) is 0 Å². The Labute approximate surface area is 120 Å². The molecule has 0 aromatic heterocycles. The first-order chi connectivity index (χ1) is 8.77. The number of benzene rings is 2. The van der Waals surface area contributed by atoms with Gasteiger partial charge in [0.1, 0.15) is 0 Å². The molecule has 0 N–H and O–H groups in total. The van der Waals surface area contributed by atoms with E-state index in [1.165, 1.54) is 16.3 Å². The largest absolute Gasteiger partial charge is 0.381 e. The number of rotatable bonds is 2. The number of fused-ring (bicyclic) bond motifs is 1. The van der Waals surface area contributed by atoms with E-state index >= 15 is 0 Å². The molecule has 1 fully saturated rings. The highest BCUT2D eigenvalue weighted by molar-refractivity contribution is 9.10. The molecule has 0 spiro atoms. The summed E-state index contributed by atoms with van der Waals surface area (Å²) in [6.07, 6.45) is 1.05. The van der Waals surface area contributed by atoms with Crippen LogP contribution in [-0.2, 0) is 4.74 Å². The Morgan fingerprint density at radius 3 is 2.67 bits per heavy atom. The maximum atomic E-state index is 6.65. The van der Waals surface area contributed by atoms with E-state index in [2.05, 4.69) is 52.3 Å². The molecule has 0 saturated carbocycles. The average Bonchev–Trinajstić information content (AvgIpc) is 2.93. The summed E-state index contributed by atoms with van der Waals surface area (Å²) in [6, 6.07) is 12.6. The second-order valence-electron chi connectivity index (χ2n) is 4.71. The number of hydrogen-bond donors (Lipinski definition) is 0. The van der Waals surface area contributed by atoms with Crippen molar-refractivity contribution < 1.29 is 4.74 Å². The highest BCUT2D eigenvalue weighted by Gasteiger charge is 2.26. The van der Waals surface area contributed by atoms with Gasteiger partial charge in [-0.15, -0.1) is 11.6 Å². The summed E-state index contributed by atoms with van der Waals surface area (Å²) in [4.78, 5) is 0. The summed E-state index contributed by atoms with van der Waals surface area (Å²) in [7, 11) is 0. The first-order valence-corrected chi connectivity index (χ1v) is 7.39. The third kappa shape index (κ3) is 2.18. The second-order valence-corrected chi connectivity index (χ2v) is 6.03. The van der Waals surface area contributed by atoms with Gasteiger partial charge in [0.15, 0.2) is 0 Å². The summed E-state index contributed by atoms with van der Waals surface area (Å²) in [6.45, 7) is 1.61. The van der Waals surface area contributed by atoms with Crippen molar-refractivity contribution >= 4 is 38.3 Å². The van der Waals surface area contributed by atoms with Gasteiger partial charge in [0.25, 0.3) is 0 Å². The zero-order valence-corrected chi connectivity index (χ0v) is 12.2. The molecule has 3 heteroatoms. The van der Waals surface area contributed by atoms with Crippen LogP contribution in [0.15, 0.2) is 40.9 Å². The summed E-state index contributed by atoms with van der Waals surface area (Å²) < 4.78 is 6.56. The van der Waals surface area contributed by atoms with Crippen molar-refractivity contribution in [3.8, 4) is 0 Å². The van der Waals surface area contributed by atoms with Gasteiger partial charge in [-0.05, 0) is 28.8 Å². The Kier molecular flexibility index (Phi) is 3.60. The normalized spacial score (nSPS) is 21.3. The lowest BCUT2D eigenvalue weighted by Crippen LogP contribution is -2.08. The van der Waals surface area contributed by atoms with E-state index in [-0.39, 0.29) is 5.38 Å². The van der Waals surface area contributed by atoms with Crippen LogP contribution < -0.4 is 0 Å². The molecular weight excluding hydrogens is 312 g/mol. The van der Waals surface area contributed by atoms with Crippen LogP contribution in [0.5, 0.6) is 0 Å². The van der Waals surface area contributed by atoms with Crippen molar-refractivity contribution in [2.24, 2.45) is 5.92 Å². The first kappa shape index (κ1) is 12.5. The third-order valence-electron chi connectivity index (χ3n) is 3.58. The Bertz CT molecular complexity index is 563. The molecule has 2 unspecified atom stereocenters. The minimum absolute atomic E-state index is 0.0329. The molecule has 1 aliphatic rings. The van der Waals surface area contributed by atoms with Gasteiger partial charge in [-0.25, -0.2) is 0 Å². The zero-order chi connectivity index (χ0) is 12.5. The van der Waals surface area contributed by atoms with Gasteiger partial charge in [-0.2, -0.15) is 0 Å². The van der Waals surface area contributed by atoms with Gasteiger partial charge in [-0.1, -0.05) is 46.3 Å². The molecule has 0 radical (unpaired) electrons. The molecule has 2 aromatic carbocycles. The van der Waals surface area contributed by atoms with E-state index in [0.29, 0.717) is 5.92 Å². The second kappa shape index (κ2) is 5.20. The maximum Gasteiger partial charge on any atom is 0.0642 e. The summed E-state index contributed by atoms with van der Waals surface area (Å²) >= 11 is 10.2. The van der Waals surface area contributed by atoms with Crippen molar-refractivity contribution in [2.75, 3.05) is 13.2 Å². The number of ether oxygens (including phenoxy) is 1. The minimum atomic E-state index is 0.0329. The Hall–Kier alpha value is -0.570. The van der Waals surface area contributed by atoms with Gasteiger partial charge in [0, 0.05) is 17.0 Å². The first-order valence-electron chi connectivity index (χ1n) is 6.16. The molecule has 2 atom stereocenters. The lowest BCUT2D eigenvalue weighted by atomic mass is 9.94.